The molecule has 2 atom stereocenters. The van der Waals surface area contributed by atoms with Crippen LogP contribution >= 0.6 is 11.6 Å². The Labute approximate surface area is 111 Å². The lowest BCUT2D eigenvalue weighted by molar-refractivity contribution is -0.132. The molecule has 0 saturated carbocycles. The first-order chi connectivity index (χ1) is 8.75. The Morgan fingerprint density at radius 2 is 2.22 bits per heavy atom. The molecule has 1 amide bonds. The molecule has 0 radical (unpaired) electrons. The Hall–Kier alpha value is -1.10. The van der Waals surface area contributed by atoms with E-state index in [2.05, 4.69) is 15.5 Å². The summed E-state index contributed by atoms with van der Waals surface area (Å²) in [6.07, 6.45) is 0. The second-order valence-corrected chi connectivity index (χ2v) is 5.23. The fourth-order valence-corrected chi connectivity index (χ4v) is 2.99. The van der Waals surface area contributed by atoms with E-state index >= 15 is 0 Å². The van der Waals surface area contributed by atoms with Gasteiger partial charge in [-0.1, -0.05) is 23.7 Å². The zero-order chi connectivity index (χ0) is 12.5. The Bertz CT molecular complexity index is 465. The van der Waals surface area contributed by atoms with Crippen LogP contribution in [0.4, 0.5) is 0 Å². The molecule has 0 aromatic heterocycles. The lowest BCUT2D eigenvalue weighted by atomic mass is 9.98. The number of nitrogens with zero attached hydrogens (tertiary/aromatic N) is 1. The first-order valence-electron chi connectivity index (χ1n) is 6.25. The number of piperazine rings is 2. The third-order valence-electron chi connectivity index (χ3n) is 3.65. The van der Waals surface area contributed by atoms with Gasteiger partial charge in [-0.15, -0.1) is 0 Å². The van der Waals surface area contributed by atoms with Crippen molar-refractivity contribution in [2.45, 2.75) is 12.1 Å². The molecule has 2 aliphatic heterocycles. The minimum absolute atomic E-state index is 0.0791. The number of hydrogen-bond acceptors (Lipinski definition) is 3. The number of benzene rings is 1. The molecule has 2 N–H and O–H groups in total. The molecular weight excluding hydrogens is 250 g/mol. The molecule has 0 aliphatic carbocycles. The van der Waals surface area contributed by atoms with Crippen LogP contribution in [0, 0.1) is 0 Å². The average molecular weight is 266 g/mol. The lowest BCUT2D eigenvalue weighted by Crippen LogP contribution is -2.63. The van der Waals surface area contributed by atoms with Gasteiger partial charge < -0.3 is 10.6 Å². The molecule has 2 fully saturated rings. The summed E-state index contributed by atoms with van der Waals surface area (Å²) in [5.41, 5.74) is 0.978. The number of hydrogen-bond donors (Lipinski definition) is 2. The summed E-state index contributed by atoms with van der Waals surface area (Å²) in [7, 11) is 0. The van der Waals surface area contributed by atoms with Gasteiger partial charge in [-0.05, 0) is 17.7 Å². The van der Waals surface area contributed by atoms with Crippen molar-refractivity contribution in [2.24, 2.45) is 0 Å². The van der Waals surface area contributed by atoms with Gasteiger partial charge in [0.2, 0.25) is 5.91 Å². The maximum atomic E-state index is 12.1. The standard InChI is InChI=1S/C13H16ClN3O/c14-10-3-1-2-9(6-10)12-13(18)16-8-11-7-15-4-5-17(11)12/h1-3,6,11-12,15H,4-5,7-8H2,(H,16,18). The quantitative estimate of drug-likeness (QED) is 0.789. The Morgan fingerprint density at radius 1 is 1.33 bits per heavy atom. The molecule has 2 saturated heterocycles. The molecule has 2 unspecified atom stereocenters. The maximum absolute atomic E-state index is 12.1. The zero-order valence-electron chi connectivity index (χ0n) is 10.0. The van der Waals surface area contributed by atoms with E-state index in [4.69, 9.17) is 11.6 Å². The third kappa shape index (κ3) is 2.11. The molecule has 2 aliphatic rings. The fraction of sp³-hybridized carbons (Fsp3) is 0.462. The van der Waals surface area contributed by atoms with Crippen LogP contribution in [-0.2, 0) is 4.79 Å². The van der Waals surface area contributed by atoms with E-state index in [-0.39, 0.29) is 11.9 Å². The highest BCUT2D eigenvalue weighted by molar-refractivity contribution is 6.30. The van der Waals surface area contributed by atoms with E-state index in [0.717, 1.165) is 31.7 Å². The summed E-state index contributed by atoms with van der Waals surface area (Å²) in [5.74, 6) is 0.0791. The minimum Gasteiger partial charge on any atom is -0.353 e. The molecule has 2 heterocycles. The molecule has 1 aromatic carbocycles. The smallest absolute Gasteiger partial charge is 0.242 e. The number of rotatable bonds is 1. The van der Waals surface area contributed by atoms with E-state index in [0.29, 0.717) is 11.1 Å². The summed E-state index contributed by atoms with van der Waals surface area (Å²) < 4.78 is 0. The van der Waals surface area contributed by atoms with Crippen LogP contribution in [-0.4, -0.2) is 43.0 Å². The predicted molar refractivity (Wildman–Crippen MR) is 70.6 cm³/mol. The van der Waals surface area contributed by atoms with E-state index in [9.17, 15) is 4.79 Å². The summed E-state index contributed by atoms with van der Waals surface area (Å²) in [6, 6.07) is 7.76. The van der Waals surface area contributed by atoms with E-state index in [1.807, 2.05) is 24.3 Å². The van der Waals surface area contributed by atoms with Gasteiger partial charge in [0.25, 0.3) is 0 Å². The van der Waals surface area contributed by atoms with Gasteiger partial charge in [-0.25, -0.2) is 0 Å². The molecule has 3 rings (SSSR count). The normalized spacial score (nSPS) is 28.6. The second-order valence-electron chi connectivity index (χ2n) is 4.80. The highest BCUT2D eigenvalue weighted by Crippen LogP contribution is 2.28. The fourth-order valence-electron chi connectivity index (χ4n) is 2.79. The van der Waals surface area contributed by atoms with Crippen LogP contribution in [0.3, 0.4) is 0 Å². The molecule has 0 bridgehead atoms. The van der Waals surface area contributed by atoms with Crippen LogP contribution in [0.5, 0.6) is 0 Å². The van der Waals surface area contributed by atoms with Crippen molar-refractivity contribution < 1.29 is 4.79 Å². The van der Waals surface area contributed by atoms with Crippen LogP contribution in [0.1, 0.15) is 11.6 Å². The topological polar surface area (TPSA) is 44.4 Å². The molecule has 96 valence electrons. The van der Waals surface area contributed by atoms with Crippen molar-refractivity contribution in [3.8, 4) is 0 Å². The van der Waals surface area contributed by atoms with Crippen LogP contribution < -0.4 is 10.6 Å². The average Bonchev–Trinajstić information content (AvgIpc) is 2.38. The van der Waals surface area contributed by atoms with E-state index in [1.54, 1.807) is 0 Å². The highest BCUT2D eigenvalue weighted by Gasteiger charge is 2.38. The first kappa shape index (κ1) is 12.0. The number of nitrogens with one attached hydrogen (secondary N) is 2. The van der Waals surface area contributed by atoms with Crippen molar-refractivity contribution in [3.63, 3.8) is 0 Å². The van der Waals surface area contributed by atoms with Crippen LogP contribution in [0.15, 0.2) is 24.3 Å². The molecular formula is C13H16ClN3O. The van der Waals surface area contributed by atoms with E-state index in [1.165, 1.54) is 0 Å². The number of fused-ring (bicyclic) bond motifs is 1. The van der Waals surface area contributed by atoms with Gasteiger partial charge in [0, 0.05) is 37.2 Å². The summed E-state index contributed by atoms with van der Waals surface area (Å²) in [6.45, 7) is 3.48. The number of amides is 1. The molecule has 5 heteroatoms. The monoisotopic (exact) mass is 265 g/mol. The van der Waals surface area contributed by atoms with Gasteiger partial charge in [-0.2, -0.15) is 0 Å². The van der Waals surface area contributed by atoms with Gasteiger partial charge in [0.1, 0.15) is 6.04 Å². The second kappa shape index (κ2) is 4.88. The Kier molecular flexibility index (Phi) is 3.24. The number of carbonyl (C=O) groups is 1. The summed E-state index contributed by atoms with van der Waals surface area (Å²) >= 11 is 6.02. The molecule has 1 aromatic rings. The SMILES string of the molecule is O=C1NCC2CNCCN2C1c1cccc(Cl)c1. The van der Waals surface area contributed by atoms with Crippen molar-refractivity contribution in [3.05, 3.63) is 34.9 Å². The molecule has 4 nitrogen and oxygen atoms in total. The van der Waals surface area contributed by atoms with Gasteiger partial charge in [0.05, 0.1) is 0 Å². The third-order valence-corrected chi connectivity index (χ3v) is 3.89. The summed E-state index contributed by atoms with van der Waals surface area (Å²) in [5, 5.41) is 7.03. The van der Waals surface area contributed by atoms with Crippen LogP contribution in [0.25, 0.3) is 0 Å². The van der Waals surface area contributed by atoms with Crippen molar-refractivity contribution >= 4 is 17.5 Å². The van der Waals surface area contributed by atoms with Crippen LogP contribution in [0.2, 0.25) is 5.02 Å². The zero-order valence-corrected chi connectivity index (χ0v) is 10.8. The molecule has 0 spiro atoms. The van der Waals surface area contributed by atoms with E-state index < -0.39 is 0 Å². The lowest BCUT2D eigenvalue weighted by Gasteiger charge is -2.44. The Morgan fingerprint density at radius 3 is 3.06 bits per heavy atom. The van der Waals surface area contributed by atoms with Crippen molar-refractivity contribution in [1.82, 2.24) is 15.5 Å². The number of carbonyl (C=O) groups excluding carboxylic acids is 1. The minimum atomic E-state index is -0.204. The van der Waals surface area contributed by atoms with Gasteiger partial charge >= 0.3 is 0 Å². The summed E-state index contributed by atoms with van der Waals surface area (Å²) in [4.78, 5) is 14.4. The van der Waals surface area contributed by atoms with Gasteiger partial charge in [-0.3, -0.25) is 9.69 Å². The first-order valence-corrected chi connectivity index (χ1v) is 6.63. The van der Waals surface area contributed by atoms with Crippen molar-refractivity contribution in [2.75, 3.05) is 26.2 Å². The highest BCUT2D eigenvalue weighted by atomic mass is 35.5. The number of halogens is 1. The van der Waals surface area contributed by atoms with Gasteiger partial charge in [0.15, 0.2) is 0 Å². The Balaban J connectivity index is 1.93. The maximum Gasteiger partial charge on any atom is 0.242 e. The van der Waals surface area contributed by atoms with Crippen molar-refractivity contribution in [1.29, 1.82) is 0 Å². The largest absolute Gasteiger partial charge is 0.353 e. The predicted octanol–water partition coefficient (Wildman–Crippen LogP) is 0.785. The molecule has 18 heavy (non-hydrogen) atoms.